The van der Waals surface area contributed by atoms with Crippen LogP contribution in [0.15, 0.2) is 0 Å². The van der Waals surface area contributed by atoms with Crippen molar-refractivity contribution < 1.29 is 332 Å². The first kappa shape index (κ1) is 148. The number of halogens is 2. The van der Waals surface area contributed by atoms with Crippen molar-refractivity contribution >= 4 is 124 Å². The molecule has 1 unspecified atom stereocenters. The average Bonchev–Trinajstić information content (AvgIpc) is 1.56. The Morgan fingerprint density at radius 1 is 0.449 bits per heavy atom. The van der Waals surface area contributed by atoms with Crippen molar-refractivity contribution in [3.05, 3.63) is 0 Å². The van der Waals surface area contributed by atoms with Gasteiger partial charge in [-0.3, -0.25) is 31.7 Å². The summed E-state index contributed by atoms with van der Waals surface area (Å²) in [5, 5.41) is 37.9. The third-order valence-corrected chi connectivity index (χ3v) is 33.0. The number of ether oxygens (including phenoxy) is 29. The first-order valence-corrected chi connectivity index (χ1v) is 57.2. The Hall–Kier alpha value is 0.689. The van der Waals surface area contributed by atoms with Crippen LogP contribution in [-0.4, -0.2) is 491 Å². The van der Waals surface area contributed by atoms with Crippen molar-refractivity contribution in [2.24, 2.45) is 0 Å². The van der Waals surface area contributed by atoms with E-state index in [4.69, 9.17) is 202 Å². The number of esters is 3. The fourth-order valence-corrected chi connectivity index (χ4v) is 18.4. The quantitative estimate of drug-likeness (QED) is 0.00633. The van der Waals surface area contributed by atoms with E-state index < -0.39 is 244 Å². The molecule has 12 saturated heterocycles. The van der Waals surface area contributed by atoms with Gasteiger partial charge in [0.25, 0.3) is 36.8 Å². The second-order valence-electron chi connectivity index (χ2n) is 37.7. The van der Waals surface area contributed by atoms with Crippen LogP contribution < -0.4 is 108 Å². The molecule has 62 heteroatoms. The molecule has 0 aromatic rings. The molecule has 49 nitrogen and oxygen atoms in total. The van der Waals surface area contributed by atoms with Crippen molar-refractivity contribution in [2.75, 3.05) is 157 Å². The van der Waals surface area contributed by atoms with Gasteiger partial charge in [0.2, 0.25) is 15.3 Å². The molecule has 0 aromatic carbocycles. The molecule has 846 valence electrons. The monoisotopic (exact) mass is 2310 g/mol. The molecule has 12 heterocycles. The Morgan fingerprint density at radius 2 is 0.728 bits per heavy atom. The van der Waals surface area contributed by atoms with E-state index in [2.05, 4.69) is 49.4 Å². The van der Waals surface area contributed by atoms with E-state index in [1.54, 1.807) is 84.2 Å². The molecule has 0 spiro atoms. The van der Waals surface area contributed by atoms with E-state index in [1.807, 2.05) is 34.6 Å². The van der Waals surface area contributed by atoms with Crippen LogP contribution in [0, 0.1) is 0 Å². The zero-order valence-electron chi connectivity index (χ0n) is 91.5. The Balaban J connectivity index is 0. The molecule has 147 heavy (non-hydrogen) atoms. The standard InChI is InChI=1S/C14H24O10S.C13H24O8S.C12H21BO8S.C12H22O6.C9H15BO4.2C8H13BO4.C6H15ClSi.CH3ClO2S.CH2O3.CH4.2K.H/c1-8(19-4)14(7-21-25(6,17)18)12(20-5)11(22-9(2)15)13(24-14)23-10(3)16;1-8(16-4)13(7-18-22(6,14)15)10(17-5)9-11(21-13)20-12(2,3)19-9;1-7(17-3)12(6-19-22(5,15)16)10(18-4)9(11(13)21-12)20-8(2)14;1-7(14-4)12(6-13)9(15-5)8-10(18-12)17-11(2,3)16-8;1-5(11-2)9-4-13-6(7(9)12-3)8(10)14-9;1-4(11-2)8-3-12-5(6(8)10)7(9)13-8;1-4(10)8-3-12-5(6(8)11-2)7(9)13-8;1-6(2,3)8(4,5)7;1-5(2,3)4;2-1-4-3;;;;/h8,11-13H,7H2,1-6H3;8-11H,7H2,1-6H3;7,9-11H,6H2,1-5H3;7-10,13H,6H2,1-5H3;5-8H,4H2,1-3H3;2*4-7,10H,3H2,1-2H3;1-5H3;1H3;1,3H;1H4;;;/q;;;;;;;;;;;2*+1;-1/p-1/t8-,11+,12-,13?,14+;8-,9+,10-,11-,13+;7-,9+,10-,11+,12+;7-,8+,9-,10-,12+;5-,6+,7-,8+,9+;2*4-,5+,6-,7+,8+;;;;;;;/m0000000......./s1. The van der Waals surface area contributed by atoms with Gasteiger partial charge in [0.15, 0.2) is 48.8 Å². The predicted octanol–water partition coefficient (Wildman–Crippen LogP) is -6.26. The van der Waals surface area contributed by atoms with E-state index in [0.717, 1.165) is 31.9 Å². The van der Waals surface area contributed by atoms with Crippen molar-refractivity contribution in [1.82, 2.24) is 0 Å². The van der Waals surface area contributed by atoms with Gasteiger partial charge in [0, 0.05) is 135 Å². The molecule has 12 rings (SSSR count). The number of aliphatic hydroxyl groups excluding tert-OH is 3. The minimum atomic E-state index is -3.81. The van der Waals surface area contributed by atoms with E-state index in [1.165, 1.54) is 56.5 Å². The number of methoxy groups -OCH3 is 12. The molecule has 12 fully saturated rings. The minimum Gasteiger partial charge on any atom is -1.00 e. The molecule has 0 amide bonds. The summed E-state index contributed by atoms with van der Waals surface area (Å²) in [5.74, 6) is -3.40. The second-order valence-corrected chi connectivity index (χ2v) is 53.0. The summed E-state index contributed by atoms with van der Waals surface area (Å²) in [5.41, 5.74) is -7.03. The summed E-state index contributed by atoms with van der Waals surface area (Å²) in [7, 11) is 29.8. The minimum absolute atomic E-state index is 0. The van der Waals surface area contributed by atoms with Crippen LogP contribution in [0.25, 0.3) is 0 Å². The van der Waals surface area contributed by atoms with Gasteiger partial charge in [0.1, 0.15) is 159 Å². The molecule has 35 atom stereocenters. The zero-order chi connectivity index (χ0) is 111. The predicted molar refractivity (Wildman–Crippen MR) is 518 cm³/mol. The summed E-state index contributed by atoms with van der Waals surface area (Å²) in [6.45, 7) is 33.6. The normalized spacial score (nSPS) is 36.4. The van der Waals surface area contributed by atoms with Gasteiger partial charge in [-0.25, -0.2) is 8.42 Å². The summed E-state index contributed by atoms with van der Waals surface area (Å²) >= 11 is 6.15. The molecule has 8 radical (unpaired) electrons. The summed E-state index contributed by atoms with van der Waals surface area (Å²) in [4.78, 5) is 45.3. The van der Waals surface area contributed by atoms with E-state index >= 15 is 0 Å². The van der Waals surface area contributed by atoms with Gasteiger partial charge >= 0.3 is 121 Å². The maximum atomic E-state index is 11.4. The summed E-state index contributed by atoms with van der Waals surface area (Å²) in [6.07, 6.45) is -9.75. The first-order chi connectivity index (χ1) is 66.0. The number of hydrogen-bond donors (Lipinski definition) is 3. The van der Waals surface area contributed by atoms with Gasteiger partial charge in [-0.05, 0) is 81.2 Å². The van der Waals surface area contributed by atoms with E-state index in [9.17, 15) is 63.4 Å². The molecular formula is C85H156B4Cl2K2O49S4Si. The van der Waals surface area contributed by atoms with Crippen LogP contribution in [0.5, 0.6) is 0 Å². The zero-order valence-corrected chi connectivity index (χ0v) is 103. The molecule has 12 aliphatic rings. The van der Waals surface area contributed by atoms with Crippen LogP contribution in [0.4, 0.5) is 0 Å². The SMILES string of the molecule is C.CC(C)(C)[Si](C)(C)Cl.CO[C@@H](C)[C@@]1(CO)O[C@@H]2OC(C)(C)O[C@@H]2[C@@H]1OC.CO[C@@H](C)[C@@]1(COS(C)(=O)=O)OC(OC(C)=O)[C@H](OC(C)=O)[C@@H]1OC.CO[C@@H](C)[C@@]1(COS(C)(=O)=O)O[C@@H]2OC(C)(C)O[C@@H]2[C@@H]1OC.CS(=O)(=O)Cl.O=CO[O-].[B][C@@H]1O[C@@]2([C@H](C)O)CO[C@@H]1[C@@H]2OC.[B][C@@H]1O[C@@]2([C@H](C)OC)CO[C@@H]1[C@@H]2O.[B][C@@H]1O[C@@]2([C@H](C)OC)CO[C@@H]1[C@@H]2OC.[B][C@@H]1O[C@](COS(C)(=O)=O)([C@H](C)OC)[C@@H](OC)[C@H]1OC(C)=O.[H-].[K+].[K+]. The fraction of sp³-hybridized carbons (Fsp3) is 0.953. The van der Waals surface area contributed by atoms with Gasteiger partial charge in [-0.1, -0.05) is 41.3 Å². The Labute approximate surface area is 968 Å². The first-order valence-electron chi connectivity index (χ1n) is 45.0. The number of aliphatic hydroxyl groups is 3. The molecular weight excluding hydrogens is 2150 g/mol. The fourth-order valence-electron chi connectivity index (χ4n) is 17.2. The molecule has 12 aliphatic heterocycles. The third-order valence-electron chi connectivity index (χ3n) is 26.1. The maximum Gasteiger partial charge on any atom is 1.00 e. The number of carbonyl (C=O) groups excluding carboxylic acids is 4. The summed E-state index contributed by atoms with van der Waals surface area (Å²) in [6, 6.07) is -2.45. The number of hydrogen-bond acceptors (Lipinski definition) is 49. The van der Waals surface area contributed by atoms with Crippen molar-refractivity contribution in [3.63, 3.8) is 0 Å². The molecule has 0 aromatic heterocycles. The van der Waals surface area contributed by atoms with E-state index in [-0.39, 0.29) is 187 Å². The van der Waals surface area contributed by atoms with Crippen molar-refractivity contribution in [1.29, 1.82) is 0 Å². The molecule has 0 saturated carbocycles. The van der Waals surface area contributed by atoms with Crippen LogP contribution in [0.1, 0.15) is 127 Å². The van der Waals surface area contributed by atoms with Crippen LogP contribution in [-0.2, 0) is 213 Å². The Bertz CT molecular complexity index is 4440. The van der Waals surface area contributed by atoms with Crippen molar-refractivity contribution in [3.8, 4) is 0 Å². The Morgan fingerprint density at radius 3 is 1.02 bits per heavy atom. The maximum absolute atomic E-state index is 11.4. The van der Waals surface area contributed by atoms with Crippen LogP contribution in [0.2, 0.25) is 18.1 Å². The van der Waals surface area contributed by atoms with E-state index in [0.29, 0.717) is 24.9 Å². The summed E-state index contributed by atoms with van der Waals surface area (Å²) < 4.78 is 260. The number of carbonyl (C=O) groups is 4. The third kappa shape index (κ3) is 38.2. The van der Waals surface area contributed by atoms with Crippen LogP contribution >= 0.6 is 21.8 Å². The van der Waals surface area contributed by atoms with Gasteiger partial charge in [0.05, 0.1) is 100 Å². The van der Waals surface area contributed by atoms with Crippen molar-refractivity contribution in [2.45, 2.75) is 365 Å². The molecule has 3 N–H and O–H groups in total. The largest absolute Gasteiger partial charge is 1.00 e. The van der Waals surface area contributed by atoms with Gasteiger partial charge < -0.3 is 164 Å². The number of rotatable bonds is 33. The topological polar surface area (TPSA) is 593 Å². The van der Waals surface area contributed by atoms with Gasteiger partial charge in [-0.2, -0.15) is 36.3 Å². The second kappa shape index (κ2) is 61.7. The number of fused-ring (bicyclic) bond motifs is 8. The van der Waals surface area contributed by atoms with Crippen LogP contribution in [0.3, 0.4) is 0 Å². The smallest absolute Gasteiger partial charge is 1.00 e. The Kier molecular flexibility index (Phi) is 62.0. The van der Waals surface area contributed by atoms with Gasteiger partial charge in [-0.15, -0.1) is 0 Å². The average molecular weight is 2310 g/mol. The molecule has 0 aliphatic carbocycles. The molecule has 6 bridgehead atoms.